The molecule has 1 amide bonds. The quantitative estimate of drug-likeness (QED) is 0.679. The van der Waals surface area contributed by atoms with E-state index >= 15 is 0 Å². The summed E-state index contributed by atoms with van der Waals surface area (Å²) in [4.78, 5) is 24.5. The lowest BCUT2D eigenvalue weighted by Gasteiger charge is -2.35. The highest BCUT2D eigenvalue weighted by Crippen LogP contribution is 2.25. The topological polar surface area (TPSA) is 75.5 Å². The maximum Gasteiger partial charge on any atom is 0.269 e. The summed E-state index contributed by atoms with van der Waals surface area (Å²) in [5.74, 6) is 0.703. The lowest BCUT2D eigenvalue weighted by Crippen LogP contribution is -2.47. The molecule has 0 aromatic heterocycles. The third-order valence-corrected chi connectivity index (χ3v) is 4.51. The van der Waals surface area contributed by atoms with E-state index < -0.39 is 4.92 Å². The van der Waals surface area contributed by atoms with Crippen LogP contribution in [0, 0.1) is 16.0 Å². The molecule has 1 aromatic carbocycles. The molecular formula is C15H20ClN3O3. The van der Waals surface area contributed by atoms with Crippen LogP contribution in [0.5, 0.6) is 0 Å². The number of amides is 1. The van der Waals surface area contributed by atoms with E-state index in [1.807, 2.05) is 4.90 Å². The van der Waals surface area contributed by atoms with Gasteiger partial charge in [-0.2, -0.15) is 0 Å². The Labute approximate surface area is 135 Å². The molecule has 120 valence electrons. The average Bonchev–Trinajstić information content (AvgIpc) is 2.95. The molecule has 1 aromatic rings. The number of hydrogen-bond donors (Lipinski definition) is 1. The molecule has 0 radical (unpaired) electrons. The van der Waals surface area contributed by atoms with Crippen molar-refractivity contribution in [1.29, 1.82) is 0 Å². The molecule has 2 saturated heterocycles. The Kier molecular flexibility index (Phi) is 5.37. The van der Waals surface area contributed by atoms with Crippen molar-refractivity contribution in [1.82, 2.24) is 10.2 Å². The van der Waals surface area contributed by atoms with Crippen LogP contribution in [-0.4, -0.2) is 41.4 Å². The molecule has 3 rings (SSSR count). The molecule has 0 spiro atoms. The molecule has 2 unspecified atom stereocenters. The minimum Gasteiger partial charge on any atom is -0.342 e. The number of non-ortho nitro benzene ring substituents is 1. The van der Waals surface area contributed by atoms with Gasteiger partial charge < -0.3 is 10.2 Å². The number of carbonyl (C=O) groups excluding carboxylic acids is 1. The van der Waals surface area contributed by atoms with Gasteiger partial charge in [-0.25, -0.2) is 0 Å². The molecule has 1 N–H and O–H groups in total. The van der Waals surface area contributed by atoms with Crippen LogP contribution in [-0.2, 0) is 11.2 Å². The first-order chi connectivity index (χ1) is 10.1. The van der Waals surface area contributed by atoms with Crippen LogP contribution in [0.2, 0.25) is 0 Å². The summed E-state index contributed by atoms with van der Waals surface area (Å²) in [5, 5.41) is 14.1. The van der Waals surface area contributed by atoms with Crippen molar-refractivity contribution >= 4 is 24.0 Å². The van der Waals surface area contributed by atoms with Crippen molar-refractivity contribution in [3.8, 4) is 0 Å². The number of carbonyl (C=O) groups is 1. The lowest BCUT2D eigenvalue weighted by molar-refractivity contribution is -0.384. The molecule has 0 saturated carbocycles. The lowest BCUT2D eigenvalue weighted by atomic mass is 9.93. The highest BCUT2D eigenvalue weighted by Gasteiger charge is 2.34. The summed E-state index contributed by atoms with van der Waals surface area (Å²) in [6, 6.07) is 6.82. The van der Waals surface area contributed by atoms with E-state index in [-0.39, 0.29) is 24.0 Å². The van der Waals surface area contributed by atoms with Gasteiger partial charge in [-0.15, -0.1) is 12.4 Å². The first-order valence-corrected chi connectivity index (χ1v) is 7.38. The second-order valence-corrected chi connectivity index (χ2v) is 5.84. The van der Waals surface area contributed by atoms with Gasteiger partial charge in [-0.05, 0) is 30.9 Å². The minimum absolute atomic E-state index is 0. The van der Waals surface area contributed by atoms with Gasteiger partial charge >= 0.3 is 0 Å². The van der Waals surface area contributed by atoms with Crippen LogP contribution in [0.25, 0.3) is 0 Å². The number of nitro benzene ring substituents is 1. The summed E-state index contributed by atoms with van der Waals surface area (Å²) in [7, 11) is 0. The summed E-state index contributed by atoms with van der Waals surface area (Å²) in [6.07, 6.45) is 2.49. The maximum absolute atomic E-state index is 12.3. The number of piperidine rings is 1. The smallest absolute Gasteiger partial charge is 0.269 e. The zero-order chi connectivity index (χ0) is 14.8. The number of rotatable bonds is 3. The first-order valence-electron chi connectivity index (χ1n) is 7.38. The minimum atomic E-state index is -0.427. The number of hydrogen-bond acceptors (Lipinski definition) is 4. The molecule has 0 bridgehead atoms. The van der Waals surface area contributed by atoms with E-state index in [2.05, 4.69) is 5.32 Å². The van der Waals surface area contributed by atoms with Crippen molar-refractivity contribution in [2.24, 2.45) is 5.92 Å². The molecule has 0 aliphatic carbocycles. The fourth-order valence-electron chi connectivity index (χ4n) is 3.30. The van der Waals surface area contributed by atoms with Gasteiger partial charge in [0.15, 0.2) is 0 Å². The Morgan fingerprint density at radius 2 is 2.05 bits per heavy atom. The monoisotopic (exact) mass is 325 g/mol. The number of fused-ring (bicyclic) bond motifs is 1. The Bertz CT molecular complexity index is 549. The van der Waals surface area contributed by atoms with Gasteiger partial charge in [-0.1, -0.05) is 12.1 Å². The number of benzene rings is 1. The zero-order valence-electron chi connectivity index (χ0n) is 12.2. The summed E-state index contributed by atoms with van der Waals surface area (Å²) in [6.45, 7) is 2.70. The van der Waals surface area contributed by atoms with Crippen LogP contribution < -0.4 is 5.32 Å². The summed E-state index contributed by atoms with van der Waals surface area (Å²) < 4.78 is 0. The van der Waals surface area contributed by atoms with E-state index in [1.165, 1.54) is 12.1 Å². The van der Waals surface area contributed by atoms with Gasteiger partial charge in [0.2, 0.25) is 5.91 Å². The van der Waals surface area contributed by atoms with Crippen LogP contribution in [0.3, 0.4) is 0 Å². The number of nitrogens with zero attached hydrogens (tertiary/aromatic N) is 2. The normalized spacial score (nSPS) is 23.5. The van der Waals surface area contributed by atoms with Gasteiger partial charge in [0.1, 0.15) is 0 Å². The van der Waals surface area contributed by atoms with Crippen LogP contribution >= 0.6 is 12.4 Å². The predicted octanol–water partition coefficient (Wildman–Crippen LogP) is 1.77. The van der Waals surface area contributed by atoms with Crippen molar-refractivity contribution in [3.05, 3.63) is 39.9 Å². The molecule has 22 heavy (non-hydrogen) atoms. The van der Waals surface area contributed by atoms with Crippen LogP contribution in [0.4, 0.5) is 5.69 Å². The van der Waals surface area contributed by atoms with E-state index in [9.17, 15) is 14.9 Å². The van der Waals surface area contributed by atoms with E-state index in [4.69, 9.17) is 0 Å². The Balaban J connectivity index is 0.00000176. The fraction of sp³-hybridized carbons (Fsp3) is 0.533. The molecule has 6 nitrogen and oxygen atoms in total. The Morgan fingerprint density at radius 1 is 1.32 bits per heavy atom. The highest BCUT2D eigenvalue weighted by atomic mass is 35.5. The third kappa shape index (κ3) is 3.56. The summed E-state index contributed by atoms with van der Waals surface area (Å²) >= 11 is 0. The van der Waals surface area contributed by atoms with Gasteiger partial charge in [0.05, 0.1) is 11.3 Å². The van der Waals surface area contributed by atoms with E-state index in [0.29, 0.717) is 18.4 Å². The van der Waals surface area contributed by atoms with Crippen molar-refractivity contribution in [2.75, 3.05) is 19.6 Å². The predicted molar refractivity (Wildman–Crippen MR) is 85.1 cm³/mol. The van der Waals surface area contributed by atoms with E-state index in [1.54, 1.807) is 12.1 Å². The maximum atomic E-state index is 12.3. The Morgan fingerprint density at radius 3 is 2.73 bits per heavy atom. The SMILES string of the molecule is Cl.O=C(Cc1ccc([N+](=O)[O-])cc1)N1CCC2NCCC2C1. The zero-order valence-corrected chi connectivity index (χ0v) is 13.1. The average molecular weight is 326 g/mol. The van der Waals surface area contributed by atoms with Crippen molar-refractivity contribution in [3.63, 3.8) is 0 Å². The van der Waals surface area contributed by atoms with Crippen molar-refractivity contribution in [2.45, 2.75) is 25.3 Å². The molecule has 7 heteroatoms. The second kappa shape index (κ2) is 7.07. The standard InChI is InChI=1S/C15H19N3O3.ClH/c19-15(9-11-1-3-13(4-2-11)18(20)21)17-8-6-14-12(10-17)5-7-16-14;/h1-4,12,14,16H,5-10H2;1H. The molecule has 2 aliphatic heterocycles. The van der Waals surface area contributed by atoms with Crippen LogP contribution in [0.1, 0.15) is 18.4 Å². The molecule has 2 fully saturated rings. The molecule has 2 heterocycles. The van der Waals surface area contributed by atoms with Gasteiger partial charge in [0.25, 0.3) is 5.69 Å². The Hall–Kier alpha value is -1.66. The van der Waals surface area contributed by atoms with Gasteiger partial charge in [0, 0.05) is 31.3 Å². The first kappa shape index (κ1) is 16.7. The molecular weight excluding hydrogens is 306 g/mol. The van der Waals surface area contributed by atoms with E-state index in [0.717, 1.165) is 38.0 Å². The largest absolute Gasteiger partial charge is 0.342 e. The second-order valence-electron chi connectivity index (χ2n) is 5.84. The number of nitro groups is 1. The summed E-state index contributed by atoms with van der Waals surface area (Å²) in [5.41, 5.74) is 0.890. The fourth-order valence-corrected chi connectivity index (χ4v) is 3.30. The number of halogens is 1. The molecule has 2 atom stereocenters. The number of likely N-dealkylation sites (tertiary alicyclic amines) is 1. The molecule has 2 aliphatic rings. The van der Waals surface area contributed by atoms with Crippen molar-refractivity contribution < 1.29 is 9.72 Å². The van der Waals surface area contributed by atoms with Crippen LogP contribution in [0.15, 0.2) is 24.3 Å². The third-order valence-electron chi connectivity index (χ3n) is 4.51. The number of nitrogens with one attached hydrogen (secondary N) is 1. The highest BCUT2D eigenvalue weighted by molar-refractivity contribution is 5.85. The van der Waals surface area contributed by atoms with Gasteiger partial charge in [-0.3, -0.25) is 14.9 Å².